The molecule has 0 saturated carbocycles. The van der Waals surface area contributed by atoms with Crippen molar-refractivity contribution in [2.45, 2.75) is 4.90 Å². The van der Waals surface area contributed by atoms with Gasteiger partial charge in [0, 0.05) is 51.0 Å². The van der Waals surface area contributed by atoms with Gasteiger partial charge in [-0.15, -0.1) is 0 Å². The maximum Gasteiger partial charge on any atom is 0.151 e. The standard InChI is InChI=1S/C15H12N2O2S/c1-20(19)14-4-2-3-13(8-14)17-6-5-12-7-11(10-18)9-16-15(12)17/h2-10H,1H3. The van der Waals surface area contributed by atoms with E-state index in [4.69, 9.17) is 0 Å². The number of fused-ring (bicyclic) bond motifs is 1. The summed E-state index contributed by atoms with van der Waals surface area (Å²) in [5.41, 5.74) is 2.23. The minimum Gasteiger partial charge on any atom is -0.301 e. The third kappa shape index (κ3) is 2.16. The molecule has 1 aromatic carbocycles. The van der Waals surface area contributed by atoms with Crippen molar-refractivity contribution in [2.24, 2.45) is 0 Å². The molecule has 0 aliphatic heterocycles. The molecule has 0 aliphatic rings. The van der Waals surface area contributed by atoms with Gasteiger partial charge in [0.05, 0.1) is 0 Å². The number of benzene rings is 1. The van der Waals surface area contributed by atoms with E-state index in [2.05, 4.69) is 4.98 Å². The number of nitrogens with zero attached hydrogens (tertiary/aromatic N) is 2. The Hall–Kier alpha value is -2.27. The van der Waals surface area contributed by atoms with Gasteiger partial charge >= 0.3 is 0 Å². The maximum atomic E-state index is 11.6. The molecule has 100 valence electrons. The van der Waals surface area contributed by atoms with Crippen molar-refractivity contribution in [3.63, 3.8) is 0 Å². The molecule has 0 saturated heterocycles. The second kappa shape index (κ2) is 5.02. The van der Waals surface area contributed by atoms with Gasteiger partial charge < -0.3 is 4.57 Å². The van der Waals surface area contributed by atoms with Crippen LogP contribution in [0.1, 0.15) is 10.4 Å². The van der Waals surface area contributed by atoms with Gasteiger partial charge in [0.25, 0.3) is 0 Å². The van der Waals surface area contributed by atoms with Crippen LogP contribution in [0.15, 0.2) is 53.7 Å². The lowest BCUT2D eigenvalue weighted by Crippen LogP contribution is -1.96. The molecule has 0 amide bonds. The van der Waals surface area contributed by atoms with Gasteiger partial charge in [-0.3, -0.25) is 9.00 Å². The SMILES string of the molecule is CS(=O)c1cccc(-n2ccc3cc(C=O)cnc32)c1. The summed E-state index contributed by atoms with van der Waals surface area (Å²) in [6.07, 6.45) is 5.88. The Labute approximate surface area is 118 Å². The minimum absolute atomic E-state index is 0.554. The summed E-state index contributed by atoms with van der Waals surface area (Å²) in [6, 6.07) is 11.2. The van der Waals surface area contributed by atoms with E-state index in [0.29, 0.717) is 5.56 Å². The van der Waals surface area contributed by atoms with Crippen molar-refractivity contribution >= 4 is 28.1 Å². The van der Waals surface area contributed by atoms with Crippen molar-refractivity contribution in [1.82, 2.24) is 9.55 Å². The Bertz CT molecular complexity index is 824. The van der Waals surface area contributed by atoms with Crippen LogP contribution >= 0.6 is 0 Å². The first-order valence-corrected chi connectivity index (χ1v) is 7.61. The first-order chi connectivity index (χ1) is 9.69. The highest BCUT2D eigenvalue weighted by Crippen LogP contribution is 2.20. The molecule has 2 aromatic heterocycles. The van der Waals surface area contributed by atoms with Crippen molar-refractivity contribution in [3.8, 4) is 5.69 Å². The van der Waals surface area contributed by atoms with E-state index in [1.54, 1.807) is 18.5 Å². The fourth-order valence-corrected chi connectivity index (χ4v) is 2.68. The van der Waals surface area contributed by atoms with E-state index in [1.165, 1.54) is 0 Å². The number of carbonyl (C=O) groups excluding carboxylic acids is 1. The average molecular weight is 284 g/mol. The fourth-order valence-electron chi connectivity index (χ4n) is 2.13. The Balaban J connectivity index is 2.17. The van der Waals surface area contributed by atoms with Gasteiger partial charge in [-0.25, -0.2) is 4.98 Å². The fraction of sp³-hybridized carbons (Fsp3) is 0.0667. The molecule has 1 atom stereocenters. The molecule has 3 aromatic rings. The lowest BCUT2D eigenvalue weighted by molar-refractivity contribution is 0.112. The zero-order chi connectivity index (χ0) is 14.1. The highest BCUT2D eigenvalue weighted by Gasteiger charge is 2.07. The van der Waals surface area contributed by atoms with Gasteiger partial charge in [0.2, 0.25) is 0 Å². The summed E-state index contributed by atoms with van der Waals surface area (Å²) in [5, 5.41) is 0.901. The number of carbonyl (C=O) groups is 1. The minimum atomic E-state index is -1.02. The molecule has 0 N–H and O–H groups in total. The largest absolute Gasteiger partial charge is 0.301 e. The molecule has 0 radical (unpaired) electrons. The third-order valence-corrected chi connectivity index (χ3v) is 4.03. The molecule has 0 spiro atoms. The summed E-state index contributed by atoms with van der Waals surface area (Å²) in [5.74, 6) is 0. The van der Waals surface area contributed by atoms with E-state index >= 15 is 0 Å². The zero-order valence-corrected chi connectivity index (χ0v) is 11.6. The second-order valence-electron chi connectivity index (χ2n) is 4.44. The van der Waals surface area contributed by atoms with Crippen LogP contribution in [0, 0.1) is 0 Å². The average Bonchev–Trinajstić information content (AvgIpc) is 2.90. The molecule has 0 fully saturated rings. The van der Waals surface area contributed by atoms with Crippen LogP contribution in [0.4, 0.5) is 0 Å². The van der Waals surface area contributed by atoms with Crippen LogP contribution in [0.3, 0.4) is 0 Å². The van der Waals surface area contributed by atoms with Crippen molar-refractivity contribution < 1.29 is 9.00 Å². The van der Waals surface area contributed by atoms with Crippen molar-refractivity contribution in [1.29, 1.82) is 0 Å². The highest BCUT2D eigenvalue weighted by molar-refractivity contribution is 7.84. The summed E-state index contributed by atoms with van der Waals surface area (Å²) >= 11 is 0. The molecule has 4 nitrogen and oxygen atoms in total. The van der Waals surface area contributed by atoms with Crippen LogP contribution in [0.2, 0.25) is 0 Å². The van der Waals surface area contributed by atoms with E-state index in [9.17, 15) is 9.00 Å². The zero-order valence-electron chi connectivity index (χ0n) is 10.8. The lowest BCUT2D eigenvalue weighted by atomic mass is 10.2. The van der Waals surface area contributed by atoms with Crippen molar-refractivity contribution in [3.05, 3.63) is 54.4 Å². The van der Waals surface area contributed by atoms with Crippen LogP contribution in [0.5, 0.6) is 0 Å². The molecule has 20 heavy (non-hydrogen) atoms. The first kappa shape index (κ1) is 12.7. The van der Waals surface area contributed by atoms with Gasteiger partial charge in [-0.1, -0.05) is 6.07 Å². The van der Waals surface area contributed by atoms with Crippen molar-refractivity contribution in [2.75, 3.05) is 6.26 Å². The quantitative estimate of drug-likeness (QED) is 0.695. The molecule has 0 bridgehead atoms. The van der Waals surface area contributed by atoms with Gasteiger partial charge in [-0.2, -0.15) is 0 Å². The maximum absolute atomic E-state index is 11.6. The van der Waals surface area contributed by atoms with Gasteiger partial charge in [-0.05, 0) is 30.3 Å². The Morgan fingerprint density at radius 3 is 2.85 bits per heavy atom. The molecule has 1 unspecified atom stereocenters. The van der Waals surface area contributed by atoms with E-state index in [1.807, 2.05) is 41.1 Å². The highest BCUT2D eigenvalue weighted by atomic mass is 32.2. The smallest absolute Gasteiger partial charge is 0.151 e. The Morgan fingerprint density at radius 2 is 2.10 bits per heavy atom. The first-order valence-electron chi connectivity index (χ1n) is 6.05. The van der Waals surface area contributed by atoms with E-state index in [-0.39, 0.29) is 0 Å². The van der Waals surface area contributed by atoms with Crippen LogP contribution in [-0.4, -0.2) is 26.3 Å². The Kier molecular flexibility index (Phi) is 3.20. The summed E-state index contributed by atoms with van der Waals surface area (Å²) in [6.45, 7) is 0. The van der Waals surface area contributed by atoms with Gasteiger partial charge in [0.15, 0.2) is 6.29 Å². The summed E-state index contributed by atoms with van der Waals surface area (Å²) in [4.78, 5) is 15.9. The van der Waals surface area contributed by atoms with Gasteiger partial charge in [0.1, 0.15) is 5.65 Å². The number of pyridine rings is 1. The summed E-state index contributed by atoms with van der Waals surface area (Å²) < 4.78 is 13.5. The molecule has 3 rings (SSSR count). The molecule has 5 heteroatoms. The Morgan fingerprint density at radius 1 is 1.25 bits per heavy atom. The predicted molar refractivity (Wildman–Crippen MR) is 78.8 cm³/mol. The van der Waals surface area contributed by atoms with Crippen LogP contribution < -0.4 is 0 Å². The number of aromatic nitrogens is 2. The lowest BCUT2D eigenvalue weighted by Gasteiger charge is -2.06. The predicted octanol–water partition coefficient (Wildman–Crippen LogP) is 2.58. The van der Waals surface area contributed by atoms with Crippen LogP contribution in [-0.2, 0) is 10.8 Å². The number of aldehydes is 1. The normalized spacial score (nSPS) is 12.4. The van der Waals surface area contributed by atoms with Crippen LogP contribution in [0.25, 0.3) is 16.7 Å². The molecular formula is C15H12N2O2S. The van der Waals surface area contributed by atoms with E-state index in [0.717, 1.165) is 27.9 Å². The number of rotatable bonds is 3. The molecular weight excluding hydrogens is 272 g/mol. The molecule has 2 heterocycles. The molecule has 0 aliphatic carbocycles. The monoisotopic (exact) mass is 284 g/mol. The second-order valence-corrected chi connectivity index (χ2v) is 5.82. The third-order valence-electron chi connectivity index (χ3n) is 3.11. The number of hydrogen-bond donors (Lipinski definition) is 0. The van der Waals surface area contributed by atoms with E-state index < -0.39 is 10.8 Å². The number of hydrogen-bond acceptors (Lipinski definition) is 3. The summed E-state index contributed by atoms with van der Waals surface area (Å²) in [7, 11) is -1.02. The topological polar surface area (TPSA) is 52.0 Å².